The number of rotatable bonds is 5. The van der Waals surface area contributed by atoms with Crippen LogP contribution in [-0.2, 0) is 5.60 Å². The van der Waals surface area contributed by atoms with E-state index in [-0.39, 0.29) is 5.92 Å². The van der Waals surface area contributed by atoms with Crippen molar-refractivity contribution in [2.24, 2.45) is 5.92 Å². The summed E-state index contributed by atoms with van der Waals surface area (Å²) in [4.78, 5) is 5.45. The van der Waals surface area contributed by atoms with E-state index >= 15 is 0 Å². The van der Waals surface area contributed by atoms with Crippen LogP contribution in [0.3, 0.4) is 0 Å². The van der Waals surface area contributed by atoms with Crippen LogP contribution in [-0.4, -0.2) is 9.55 Å². The van der Waals surface area contributed by atoms with Crippen LogP contribution in [0.25, 0.3) is 38.8 Å². The molecule has 1 aliphatic heterocycles. The first-order valence-electron chi connectivity index (χ1n) is 17.2. The summed E-state index contributed by atoms with van der Waals surface area (Å²) in [6.45, 7) is 4.55. The summed E-state index contributed by atoms with van der Waals surface area (Å²) in [5.74, 6) is 2.33. The zero-order valence-corrected chi connectivity index (χ0v) is 27.4. The van der Waals surface area contributed by atoms with E-state index < -0.39 is 5.60 Å². The van der Waals surface area contributed by atoms with Crippen LogP contribution < -0.4 is 4.74 Å². The predicted octanol–water partition coefficient (Wildman–Crippen LogP) is 11.3. The zero-order valence-electron chi connectivity index (χ0n) is 27.4. The van der Waals surface area contributed by atoms with Crippen molar-refractivity contribution in [2.75, 3.05) is 0 Å². The van der Waals surface area contributed by atoms with E-state index in [0.29, 0.717) is 5.92 Å². The molecule has 0 amide bonds. The molecule has 3 nitrogen and oxygen atoms in total. The van der Waals surface area contributed by atoms with Gasteiger partial charge in [0.15, 0.2) is 0 Å². The molecule has 4 aromatic carbocycles. The molecule has 3 unspecified atom stereocenters. The Morgan fingerprint density at radius 2 is 1.60 bits per heavy atom. The topological polar surface area (TPSA) is 27.1 Å². The van der Waals surface area contributed by atoms with E-state index in [9.17, 15) is 0 Å². The molecule has 3 heterocycles. The molecular formula is C45H38N2O. The number of para-hydroxylation sites is 1. The fourth-order valence-electron chi connectivity index (χ4n) is 8.19. The number of nitrogens with zero attached hydrogens (tertiary/aromatic N) is 2. The highest BCUT2D eigenvalue weighted by Crippen LogP contribution is 2.56. The van der Waals surface area contributed by atoms with E-state index in [2.05, 4.69) is 164 Å². The minimum Gasteiger partial charge on any atom is -0.481 e. The number of aromatic nitrogens is 2. The Kier molecular flexibility index (Phi) is 6.83. The number of ether oxygens (including phenoxy) is 1. The third kappa shape index (κ3) is 4.52. The molecule has 0 radical (unpaired) electrons. The van der Waals surface area contributed by atoms with Gasteiger partial charge in [0.1, 0.15) is 17.2 Å². The molecule has 6 aromatic rings. The quantitative estimate of drug-likeness (QED) is 0.191. The summed E-state index contributed by atoms with van der Waals surface area (Å²) >= 11 is 0. The van der Waals surface area contributed by atoms with Gasteiger partial charge in [-0.05, 0) is 84.2 Å². The number of fused-ring (bicyclic) bond motifs is 5. The highest BCUT2D eigenvalue weighted by Gasteiger charge is 2.48. The summed E-state index contributed by atoms with van der Waals surface area (Å²) in [7, 11) is 0. The Balaban J connectivity index is 1.31. The maximum absolute atomic E-state index is 7.30. The van der Waals surface area contributed by atoms with Crippen LogP contribution >= 0.6 is 0 Å². The Labute approximate surface area is 282 Å². The first-order chi connectivity index (χ1) is 23.6. The van der Waals surface area contributed by atoms with Crippen LogP contribution in [0.1, 0.15) is 67.0 Å². The molecule has 48 heavy (non-hydrogen) atoms. The number of hydrogen-bond acceptors (Lipinski definition) is 2. The molecule has 2 aliphatic carbocycles. The van der Waals surface area contributed by atoms with Gasteiger partial charge in [-0.25, -0.2) is 4.98 Å². The van der Waals surface area contributed by atoms with Gasteiger partial charge < -0.3 is 4.74 Å². The van der Waals surface area contributed by atoms with Crippen LogP contribution in [0.4, 0.5) is 0 Å². The van der Waals surface area contributed by atoms with Gasteiger partial charge in [-0.2, -0.15) is 0 Å². The van der Waals surface area contributed by atoms with Crippen LogP contribution in [0.5, 0.6) is 5.75 Å². The van der Waals surface area contributed by atoms with Gasteiger partial charge in [0, 0.05) is 10.9 Å². The Hall–Kier alpha value is -5.41. The highest BCUT2D eigenvalue weighted by atomic mass is 16.5. The standard InChI is InChI=1S/C45H38N2O/c1-30-16-12-13-23-35(30)38-28-33(31-17-6-3-7-18-31)29-41(46-38)47-39-25-15-14-24-36(39)42-40(47)27-26-37-43(32-19-8-4-9-20-32)45(2,48-44(37)42)34-21-10-5-11-22-34/h4-6,8-15,17-30,43H,3,7,16H2,1-2H3. The maximum Gasteiger partial charge on any atom is 0.142 e. The third-order valence-corrected chi connectivity index (χ3v) is 10.6. The Morgan fingerprint density at radius 1 is 0.812 bits per heavy atom. The average Bonchev–Trinajstić information content (AvgIpc) is 3.65. The van der Waals surface area contributed by atoms with E-state index in [4.69, 9.17) is 9.72 Å². The largest absolute Gasteiger partial charge is 0.481 e. The molecule has 0 saturated heterocycles. The smallest absolute Gasteiger partial charge is 0.142 e. The summed E-state index contributed by atoms with van der Waals surface area (Å²) in [5, 5.41) is 2.31. The van der Waals surface area contributed by atoms with Gasteiger partial charge in [0.25, 0.3) is 0 Å². The summed E-state index contributed by atoms with van der Waals surface area (Å²) in [6, 6.07) is 39.4. The van der Waals surface area contributed by atoms with Crippen LogP contribution in [0, 0.1) is 5.92 Å². The molecule has 0 bridgehead atoms. The van der Waals surface area contributed by atoms with Crippen molar-refractivity contribution < 1.29 is 4.74 Å². The fraction of sp³-hybridized carbons (Fsp3) is 0.178. The number of pyridine rings is 1. The molecule has 0 saturated carbocycles. The van der Waals surface area contributed by atoms with Crippen molar-refractivity contribution in [3.05, 3.63) is 174 Å². The Bertz CT molecular complexity index is 2320. The predicted molar refractivity (Wildman–Crippen MR) is 199 cm³/mol. The Morgan fingerprint density at radius 3 is 2.40 bits per heavy atom. The van der Waals surface area contributed by atoms with Crippen molar-refractivity contribution in [3.63, 3.8) is 0 Å². The molecule has 3 atom stereocenters. The molecule has 2 aromatic heterocycles. The molecule has 234 valence electrons. The summed E-state index contributed by atoms with van der Waals surface area (Å²) < 4.78 is 9.66. The van der Waals surface area contributed by atoms with Gasteiger partial charge in [-0.15, -0.1) is 0 Å². The van der Waals surface area contributed by atoms with Crippen molar-refractivity contribution in [1.82, 2.24) is 9.55 Å². The van der Waals surface area contributed by atoms with E-state index in [1.807, 2.05) is 0 Å². The molecule has 0 N–H and O–H groups in total. The zero-order chi connectivity index (χ0) is 32.2. The van der Waals surface area contributed by atoms with Crippen molar-refractivity contribution in [2.45, 2.75) is 44.6 Å². The fourth-order valence-corrected chi connectivity index (χ4v) is 8.19. The SMILES string of the molecule is CC1CC=CC=C1c1cc(C2=CCCC=C2)cc(-n2c3ccccc3c3c4c(ccc32)C(c2ccccc2)C(C)(c2ccccc2)O4)n1. The molecule has 3 heteroatoms. The molecule has 0 spiro atoms. The molecular weight excluding hydrogens is 585 g/mol. The summed E-state index contributed by atoms with van der Waals surface area (Å²) in [6.07, 6.45) is 16.8. The first kappa shape index (κ1) is 28.8. The minimum atomic E-state index is -0.579. The lowest BCUT2D eigenvalue weighted by Crippen LogP contribution is -2.32. The lowest BCUT2D eigenvalue weighted by molar-refractivity contribution is 0.100. The van der Waals surface area contributed by atoms with Crippen LogP contribution in [0.15, 0.2) is 146 Å². The average molecular weight is 623 g/mol. The lowest BCUT2D eigenvalue weighted by atomic mass is 9.76. The number of allylic oxidation sites excluding steroid dienone is 8. The molecule has 0 fully saturated rings. The second kappa shape index (κ2) is 11.4. The minimum absolute atomic E-state index is 0.0356. The van der Waals surface area contributed by atoms with Crippen molar-refractivity contribution in [1.29, 1.82) is 0 Å². The van der Waals surface area contributed by atoms with Gasteiger partial charge >= 0.3 is 0 Å². The van der Waals surface area contributed by atoms with E-state index in [1.54, 1.807) is 0 Å². The van der Waals surface area contributed by atoms with E-state index in [1.165, 1.54) is 38.8 Å². The van der Waals surface area contributed by atoms with Crippen molar-refractivity contribution >= 4 is 33.0 Å². The normalized spacial score (nSPS) is 21.6. The monoisotopic (exact) mass is 622 g/mol. The second-order valence-corrected chi connectivity index (χ2v) is 13.6. The van der Waals surface area contributed by atoms with Gasteiger partial charge in [0.05, 0.1) is 28.0 Å². The number of hydrogen-bond donors (Lipinski definition) is 0. The van der Waals surface area contributed by atoms with Gasteiger partial charge in [-0.3, -0.25) is 4.57 Å². The summed E-state index contributed by atoms with van der Waals surface area (Å²) in [5.41, 5.74) is 10.1. The first-order valence-corrected chi connectivity index (χ1v) is 17.2. The number of benzene rings is 4. The maximum atomic E-state index is 7.30. The van der Waals surface area contributed by atoms with Crippen molar-refractivity contribution in [3.8, 4) is 11.6 Å². The molecule has 3 aliphatic rings. The van der Waals surface area contributed by atoms with E-state index in [0.717, 1.165) is 52.9 Å². The highest BCUT2D eigenvalue weighted by molar-refractivity contribution is 6.13. The van der Waals surface area contributed by atoms with Crippen LogP contribution in [0.2, 0.25) is 0 Å². The van der Waals surface area contributed by atoms with Gasteiger partial charge in [0.2, 0.25) is 0 Å². The molecule has 9 rings (SSSR count). The lowest BCUT2D eigenvalue weighted by Gasteiger charge is -2.32. The second-order valence-electron chi connectivity index (χ2n) is 13.6. The third-order valence-electron chi connectivity index (χ3n) is 10.6. The van der Waals surface area contributed by atoms with Gasteiger partial charge in [-0.1, -0.05) is 128 Å².